The molecule has 0 amide bonds. The lowest BCUT2D eigenvalue weighted by atomic mass is 9.76. The third kappa shape index (κ3) is 9.87. The first-order valence-electron chi connectivity index (χ1n) is 20.9. The maximum Gasteiger partial charge on any atom is 0.530 e. The Morgan fingerprint density at radius 1 is 0.491 bits per heavy atom. The van der Waals surface area contributed by atoms with Gasteiger partial charge in [-0.15, -0.1) is 0 Å². The van der Waals surface area contributed by atoms with Crippen molar-refractivity contribution in [2.75, 3.05) is 0 Å². The van der Waals surface area contributed by atoms with E-state index >= 15 is 0 Å². The van der Waals surface area contributed by atoms with Crippen LogP contribution in [-0.2, 0) is 45.3 Å². The van der Waals surface area contributed by atoms with Crippen molar-refractivity contribution in [2.45, 2.75) is 184 Å². The molecule has 57 heavy (non-hydrogen) atoms. The summed E-state index contributed by atoms with van der Waals surface area (Å²) in [6.07, 6.45) is 1.18. The van der Waals surface area contributed by atoms with Crippen LogP contribution >= 0.6 is 8.60 Å². The third-order valence-corrected chi connectivity index (χ3v) is 12.2. The van der Waals surface area contributed by atoms with Gasteiger partial charge >= 0.3 is 8.60 Å². The van der Waals surface area contributed by atoms with Gasteiger partial charge in [-0.25, -0.2) is 0 Å². The predicted molar refractivity (Wildman–Crippen MR) is 244 cm³/mol. The highest BCUT2D eigenvalue weighted by atomic mass is 31.2. The molecule has 0 aliphatic carbocycles. The van der Waals surface area contributed by atoms with Crippen LogP contribution in [0.2, 0.25) is 0 Å². The van der Waals surface area contributed by atoms with Crippen LogP contribution in [0.5, 0.6) is 23.0 Å². The molecule has 0 radical (unpaired) electrons. The van der Waals surface area contributed by atoms with Crippen LogP contribution in [0.3, 0.4) is 0 Å². The average molecular weight is 793 g/mol. The summed E-state index contributed by atoms with van der Waals surface area (Å²) in [5.41, 5.74) is 12.2. The molecule has 5 rings (SSSR count). The minimum absolute atomic E-state index is 0.109. The van der Waals surface area contributed by atoms with Crippen LogP contribution in [0.25, 0.3) is 0 Å². The summed E-state index contributed by atoms with van der Waals surface area (Å²) < 4.78 is 21.8. The van der Waals surface area contributed by atoms with E-state index in [2.05, 4.69) is 187 Å². The van der Waals surface area contributed by atoms with Gasteiger partial charge in [-0.05, 0) is 85.3 Å². The lowest BCUT2D eigenvalue weighted by Gasteiger charge is -2.34. The fourth-order valence-corrected chi connectivity index (χ4v) is 8.94. The Bertz CT molecular complexity index is 2080. The summed E-state index contributed by atoms with van der Waals surface area (Å²) in [6, 6.07) is 18.1. The molecule has 4 nitrogen and oxygen atoms in total. The lowest BCUT2D eigenvalue weighted by molar-refractivity contribution is 0.364. The molecule has 0 saturated heterocycles. The largest absolute Gasteiger partial charge is 0.530 e. The van der Waals surface area contributed by atoms with Gasteiger partial charge in [-0.1, -0.05) is 184 Å². The number of aryl methyl sites for hydroxylation is 2. The van der Waals surface area contributed by atoms with Crippen molar-refractivity contribution >= 4 is 8.60 Å². The Hall–Kier alpha value is -3.49. The van der Waals surface area contributed by atoms with Crippen LogP contribution in [0, 0.1) is 13.8 Å². The predicted octanol–water partition coefficient (Wildman–Crippen LogP) is 15.1. The normalized spacial score (nSPS) is 14.6. The van der Waals surface area contributed by atoms with Crippen molar-refractivity contribution in [2.24, 2.45) is 0 Å². The first-order chi connectivity index (χ1) is 25.7. The Morgan fingerprint density at radius 2 is 0.877 bits per heavy atom. The van der Waals surface area contributed by atoms with Crippen LogP contribution in [0.15, 0.2) is 48.5 Å². The second-order valence-electron chi connectivity index (χ2n) is 23.0. The minimum Gasteiger partial charge on any atom is -0.507 e. The molecule has 1 aliphatic rings. The lowest BCUT2D eigenvalue weighted by Crippen LogP contribution is -2.22. The average Bonchev–Trinajstić information content (AvgIpc) is 3.00. The van der Waals surface area contributed by atoms with Crippen molar-refractivity contribution < 1.29 is 18.7 Å². The van der Waals surface area contributed by atoms with E-state index in [1.807, 2.05) is 0 Å². The Kier molecular flexibility index (Phi) is 11.7. The van der Waals surface area contributed by atoms with E-state index in [-0.39, 0.29) is 32.5 Å². The minimum atomic E-state index is -2.02. The van der Waals surface area contributed by atoms with E-state index in [1.165, 1.54) is 22.3 Å². The molecule has 0 unspecified atom stereocenters. The quantitative estimate of drug-likeness (QED) is 0.209. The van der Waals surface area contributed by atoms with Gasteiger partial charge in [0.25, 0.3) is 0 Å². The van der Waals surface area contributed by atoms with Crippen LogP contribution in [0.1, 0.15) is 191 Å². The van der Waals surface area contributed by atoms with Gasteiger partial charge in [-0.3, -0.25) is 0 Å². The smallest absolute Gasteiger partial charge is 0.507 e. The first-order valence-corrected chi connectivity index (χ1v) is 22.0. The number of benzene rings is 4. The SMILES string of the molecule is Cc1cc2c(c(C(C)(C)C)c1)OP(Oc1c(Cc3cc(C(C)(C)C)cc(C(C)(C)C)c3O)cc(C(C)(C)C)cc1C(C)(C)C)Oc1c(cc(C)cc1C(C)(C)C)C2. The van der Waals surface area contributed by atoms with E-state index in [0.29, 0.717) is 18.6 Å². The molecule has 0 spiro atoms. The van der Waals surface area contributed by atoms with E-state index in [9.17, 15) is 5.11 Å². The van der Waals surface area contributed by atoms with Crippen molar-refractivity contribution in [1.29, 1.82) is 0 Å². The molecule has 0 bridgehead atoms. The van der Waals surface area contributed by atoms with E-state index < -0.39 is 8.60 Å². The summed E-state index contributed by atoms with van der Waals surface area (Å²) in [6.45, 7) is 44.6. The molecule has 1 aliphatic heterocycles. The molecule has 0 saturated carbocycles. The Labute approximate surface area is 348 Å². The van der Waals surface area contributed by atoms with Crippen molar-refractivity contribution in [1.82, 2.24) is 0 Å². The van der Waals surface area contributed by atoms with Crippen molar-refractivity contribution in [3.8, 4) is 23.0 Å². The molecular weight excluding hydrogens is 720 g/mol. The van der Waals surface area contributed by atoms with Gasteiger partial charge < -0.3 is 18.7 Å². The van der Waals surface area contributed by atoms with Gasteiger partial charge in [0.05, 0.1) is 0 Å². The number of hydrogen-bond acceptors (Lipinski definition) is 4. The van der Waals surface area contributed by atoms with Gasteiger partial charge in [-0.2, -0.15) is 0 Å². The standard InChI is InChI=1S/C52H73O4P/c1-31-21-34-26-35-22-32(2)24-41(51(15,16)17)45(35)55-57(54-44(34)40(23-31)50(12,13)14)56-46-36(28-38(48(6,7)8)30-42(46)52(18,19)20)25-33-27-37(47(3,4)5)29-39(43(33)53)49(9,10)11/h21-24,27-30,53H,25-26H2,1-20H3. The topological polar surface area (TPSA) is 47.9 Å². The fourth-order valence-electron chi connectivity index (χ4n) is 7.73. The van der Waals surface area contributed by atoms with E-state index in [1.54, 1.807) is 0 Å². The summed E-state index contributed by atoms with van der Waals surface area (Å²) in [5, 5.41) is 12.1. The molecule has 0 aromatic heterocycles. The molecule has 1 heterocycles. The maximum atomic E-state index is 12.1. The van der Waals surface area contributed by atoms with Gasteiger partial charge in [0.2, 0.25) is 0 Å². The highest BCUT2D eigenvalue weighted by Gasteiger charge is 2.37. The highest BCUT2D eigenvalue weighted by Crippen LogP contribution is 2.54. The molecule has 4 aromatic rings. The summed E-state index contributed by atoms with van der Waals surface area (Å²) in [5.74, 6) is 2.80. The summed E-state index contributed by atoms with van der Waals surface area (Å²) >= 11 is 0. The van der Waals surface area contributed by atoms with Gasteiger partial charge in [0.15, 0.2) is 0 Å². The van der Waals surface area contributed by atoms with E-state index in [4.69, 9.17) is 13.6 Å². The van der Waals surface area contributed by atoms with Crippen molar-refractivity contribution in [3.63, 3.8) is 0 Å². The number of fused-ring (bicyclic) bond motifs is 2. The summed E-state index contributed by atoms with van der Waals surface area (Å²) in [4.78, 5) is 0. The molecule has 1 N–H and O–H groups in total. The van der Waals surface area contributed by atoms with Crippen LogP contribution in [0.4, 0.5) is 0 Å². The molecule has 0 fully saturated rings. The summed E-state index contributed by atoms with van der Waals surface area (Å²) in [7, 11) is -2.02. The second kappa shape index (κ2) is 15.0. The molecule has 0 atom stereocenters. The number of hydrogen-bond donors (Lipinski definition) is 1. The number of rotatable bonds is 4. The monoisotopic (exact) mass is 793 g/mol. The Balaban J connectivity index is 1.84. The van der Waals surface area contributed by atoms with E-state index in [0.717, 1.165) is 61.8 Å². The van der Waals surface area contributed by atoms with Crippen molar-refractivity contribution in [3.05, 3.63) is 115 Å². The molecular formula is C52H73O4P. The Morgan fingerprint density at radius 3 is 1.26 bits per heavy atom. The van der Waals surface area contributed by atoms with Crippen LogP contribution in [-0.4, -0.2) is 5.11 Å². The second-order valence-corrected chi connectivity index (χ2v) is 24.0. The maximum absolute atomic E-state index is 12.1. The number of phenolic OH excluding ortho intramolecular Hbond substituents is 1. The highest BCUT2D eigenvalue weighted by molar-refractivity contribution is 7.43. The molecule has 310 valence electrons. The van der Waals surface area contributed by atoms with Gasteiger partial charge in [0, 0.05) is 29.5 Å². The zero-order valence-corrected chi connectivity index (χ0v) is 40.0. The third-order valence-electron chi connectivity index (χ3n) is 11.2. The molecule has 5 heteroatoms. The van der Waals surface area contributed by atoms with Crippen LogP contribution < -0.4 is 13.6 Å². The number of aromatic hydroxyl groups is 1. The molecule has 4 aromatic carbocycles. The zero-order valence-electron chi connectivity index (χ0n) is 39.2. The first kappa shape index (κ1) is 44.6. The van der Waals surface area contributed by atoms with Gasteiger partial charge in [0.1, 0.15) is 23.0 Å². The zero-order chi connectivity index (χ0) is 43.0. The fraction of sp³-hybridized carbons (Fsp3) is 0.538. The number of phenols is 1.